The van der Waals surface area contributed by atoms with E-state index in [1.807, 2.05) is 35.9 Å². The smallest absolute Gasteiger partial charge is 0.242 e. The molecule has 0 fully saturated rings. The van der Waals surface area contributed by atoms with Gasteiger partial charge in [-0.05, 0) is 49.9 Å². The maximum Gasteiger partial charge on any atom is 0.242 e. The van der Waals surface area contributed by atoms with Gasteiger partial charge < -0.3 is 9.88 Å². The summed E-state index contributed by atoms with van der Waals surface area (Å²) in [5.74, 6) is 0.542. The van der Waals surface area contributed by atoms with Crippen LogP contribution >= 0.6 is 23.1 Å². The van der Waals surface area contributed by atoms with Gasteiger partial charge in [-0.15, -0.1) is 21.5 Å². The van der Waals surface area contributed by atoms with Gasteiger partial charge in [0.05, 0.1) is 15.0 Å². The molecule has 2 aromatic heterocycles. The van der Waals surface area contributed by atoms with Crippen LogP contribution in [0.5, 0.6) is 0 Å². The highest BCUT2D eigenvalue weighted by Crippen LogP contribution is 2.30. The van der Waals surface area contributed by atoms with Crippen molar-refractivity contribution < 1.29 is 13.2 Å². The van der Waals surface area contributed by atoms with Gasteiger partial charge in [-0.1, -0.05) is 23.9 Å². The zero-order valence-electron chi connectivity index (χ0n) is 18.0. The van der Waals surface area contributed by atoms with Crippen LogP contribution in [0.4, 0.5) is 5.69 Å². The Labute approximate surface area is 190 Å². The lowest BCUT2D eigenvalue weighted by Gasteiger charge is -2.16. The van der Waals surface area contributed by atoms with Crippen LogP contribution in [-0.2, 0) is 21.4 Å². The third-order valence-electron chi connectivity index (χ3n) is 4.67. The number of nitrogens with zero attached hydrogens (tertiary/aromatic N) is 4. The van der Waals surface area contributed by atoms with Gasteiger partial charge in [-0.2, -0.15) is 0 Å². The number of thiophene rings is 1. The van der Waals surface area contributed by atoms with Gasteiger partial charge in [-0.25, -0.2) is 12.7 Å². The molecule has 0 bridgehead atoms. The van der Waals surface area contributed by atoms with Crippen molar-refractivity contribution in [2.45, 2.75) is 42.6 Å². The van der Waals surface area contributed by atoms with E-state index in [4.69, 9.17) is 0 Å². The highest BCUT2D eigenvalue weighted by molar-refractivity contribution is 8.00. The van der Waals surface area contributed by atoms with Crippen LogP contribution in [0.1, 0.15) is 19.4 Å². The van der Waals surface area contributed by atoms with Crippen LogP contribution in [0, 0.1) is 6.92 Å². The first kappa shape index (κ1) is 23.5. The molecule has 1 amide bonds. The highest BCUT2D eigenvalue weighted by atomic mass is 32.2. The van der Waals surface area contributed by atoms with Crippen molar-refractivity contribution in [1.82, 2.24) is 19.1 Å². The summed E-state index contributed by atoms with van der Waals surface area (Å²) in [6.07, 6.45) is 0. The molecule has 0 spiro atoms. The second-order valence-electron chi connectivity index (χ2n) is 7.04. The summed E-state index contributed by atoms with van der Waals surface area (Å²) in [7, 11) is -0.647. The van der Waals surface area contributed by atoms with Crippen LogP contribution in [0.25, 0.3) is 10.7 Å². The number of anilines is 1. The number of carbonyl (C=O) groups excluding carboxylic acids is 1. The van der Waals surface area contributed by atoms with E-state index < -0.39 is 15.3 Å². The zero-order valence-corrected chi connectivity index (χ0v) is 20.4. The average molecular weight is 480 g/mol. The molecular weight excluding hydrogens is 454 g/mol. The van der Waals surface area contributed by atoms with E-state index in [0.717, 1.165) is 20.6 Å². The molecule has 0 aliphatic heterocycles. The monoisotopic (exact) mass is 479 g/mol. The van der Waals surface area contributed by atoms with E-state index in [-0.39, 0.29) is 10.8 Å². The molecule has 0 saturated carbocycles. The molecule has 0 radical (unpaired) electrons. The third-order valence-corrected chi connectivity index (χ3v) is 8.43. The number of benzene rings is 1. The van der Waals surface area contributed by atoms with E-state index in [2.05, 4.69) is 15.5 Å². The van der Waals surface area contributed by atoms with Crippen molar-refractivity contribution in [3.05, 3.63) is 41.3 Å². The summed E-state index contributed by atoms with van der Waals surface area (Å²) < 4.78 is 28.0. The van der Waals surface area contributed by atoms with Gasteiger partial charge >= 0.3 is 0 Å². The molecule has 1 unspecified atom stereocenters. The predicted octanol–water partition coefficient (Wildman–Crippen LogP) is 3.70. The first-order valence-electron chi connectivity index (χ1n) is 9.63. The van der Waals surface area contributed by atoms with Gasteiger partial charge in [0.2, 0.25) is 15.9 Å². The first-order chi connectivity index (χ1) is 14.6. The van der Waals surface area contributed by atoms with E-state index in [1.165, 1.54) is 38.0 Å². The minimum Gasteiger partial charge on any atom is -0.325 e. The van der Waals surface area contributed by atoms with Crippen LogP contribution in [0.2, 0.25) is 0 Å². The summed E-state index contributed by atoms with van der Waals surface area (Å²) in [4.78, 5) is 14.0. The Morgan fingerprint density at radius 2 is 2.03 bits per heavy atom. The summed E-state index contributed by atoms with van der Waals surface area (Å²) >= 11 is 2.90. The van der Waals surface area contributed by atoms with Crippen LogP contribution in [-0.4, -0.2) is 52.7 Å². The fourth-order valence-corrected chi connectivity index (χ4v) is 5.36. The van der Waals surface area contributed by atoms with Crippen molar-refractivity contribution >= 4 is 44.7 Å². The summed E-state index contributed by atoms with van der Waals surface area (Å²) in [6, 6.07) is 8.66. The highest BCUT2D eigenvalue weighted by Gasteiger charge is 2.23. The number of aromatic nitrogens is 3. The summed E-state index contributed by atoms with van der Waals surface area (Å²) in [5, 5.41) is 13.6. The molecule has 1 atom stereocenters. The molecule has 0 aliphatic carbocycles. The standard InChI is InChI=1S/C20H25N5O3S3/c1-6-25-18(17-8-7-11-29-17)22-23-20(25)30-14(3)19(26)21-16-12-15(10-9-13(16)2)31(27,28)24(4)5/h7-12,14H,6H2,1-5H3,(H,21,26). The van der Waals surface area contributed by atoms with Crippen molar-refractivity contribution in [1.29, 1.82) is 0 Å². The molecule has 8 nitrogen and oxygen atoms in total. The van der Waals surface area contributed by atoms with E-state index >= 15 is 0 Å². The molecule has 1 N–H and O–H groups in total. The van der Waals surface area contributed by atoms with E-state index in [1.54, 1.807) is 24.3 Å². The van der Waals surface area contributed by atoms with E-state index in [9.17, 15) is 13.2 Å². The fraction of sp³-hybridized carbons (Fsp3) is 0.350. The van der Waals surface area contributed by atoms with Gasteiger partial charge in [-0.3, -0.25) is 4.79 Å². The van der Waals surface area contributed by atoms with Gasteiger partial charge in [0.15, 0.2) is 11.0 Å². The van der Waals surface area contributed by atoms with Crippen molar-refractivity contribution in [3.8, 4) is 10.7 Å². The quantitative estimate of drug-likeness (QED) is 0.495. The molecule has 1 aromatic carbocycles. The number of aryl methyl sites for hydroxylation is 1. The van der Waals surface area contributed by atoms with Crippen molar-refractivity contribution in [3.63, 3.8) is 0 Å². The Balaban J connectivity index is 1.78. The number of hydrogen-bond donors (Lipinski definition) is 1. The molecule has 0 aliphatic rings. The Morgan fingerprint density at radius 3 is 2.65 bits per heavy atom. The zero-order chi connectivity index (χ0) is 22.8. The largest absolute Gasteiger partial charge is 0.325 e. The number of amides is 1. The maximum absolute atomic E-state index is 12.9. The molecule has 3 rings (SSSR count). The van der Waals surface area contributed by atoms with Crippen molar-refractivity contribution in [2.24, 2.45) is 0 Å². The molecule has 31 heavy (non-hydrogen) atoms. The molecule has 3 aromatic rings. The molecular formula is C20H25N5O3S3. The second kappa shape index (κ2) is 9.51. The summed E-state index contributed by atoms with van der Waals surface area (Å²) in [6.45, 7) is 6.30. The number of hydrogen-bond acceptors (Lipinski definition) is 7. The molecule has 11 heteroatoms. The van der Waals surface area contributed by atoms with Crippen LogP contribution in [0.3, 0.4) is 0 Å². The number of nitrogens with one attached hydrogen (secondary N) is 1. The minimum atomic E-state index is -3.59. The van der Waals surface area contributed by atoms with E-state index in [0.29, 0.717) is 17.4 Å². The maximum atomic E-state index is 12.9. The molecule has 166 valence electrons. The fourth-order valence-electron chi connectivity index (χ4n) is 2.80. The average Bonchev–Trinajstić information content (AvgIpc) is 3.38. The van der Waals surface area contributed by atoms with Crippen LogP contribution < -0.4 is 5.32 Å². The number of rotatable bonds is 8. The molecule has 0 saturated heterocycles. The SMILES string of the molecule is CCn1c(SC(C)C(=O)Nc2cc(S(=O)(=O)N(C)C)ccc2C)nnc1-c1cccs1. The number of thioether (sulfide) groups is 1. The van der Waals surface area contributed by atoms with Crippen molar-refractivity contribution in [2.75, 3.05) is 19.4 Å². The first-order valence-corrected chi connectivity index (χ1v) is 12.8. The van der Waals surface area contributed by atoms with Crippen LogP contribution in [0.15, 0.2) is 45.8 Å². The Hall–Kier alpha value is -2.21. The second-order valence-corrected chi connectivity index (χ2v) is 11.4. The Morgan fingerprint density at radius 1 is 1.29 bits per heavy atom. The summed E-state index contributed by atoms with van der Waals surface area (Å²) in [5.41, 5.74) is 1.25. The topological polar surface area (TPSA) is 97.2 Å². The lowest BCUT2D eigenvalue weighted by molar-refractivity contribution is -0.115. The Bertz CT molecular complexity index is 1170. The predicted molar refractivity (Wildman–Crippen MR) is 125 cm³/mol. The van der Waals surface area contributed by atoms with Gasteiger partial charge in [0.1, 0.15) is 0 Å². The van der Waals surface area contributed by atoms with Gasteiger partial charge in [0, 0.05) is 26.3 Å². The lowest BCUT2D eigenvalue weighted by atomic mass is 10.2. The van der Waals surface area contributed by atoms with Gasteiger partial charge in [0.25, 0.3) is 0 Å². The normalized spacial score (nSPS) is 12.8. The minimum absolute atomic E-state index is 0.130. The number of sulfonamides is 1. The molecule has 2 heterocycles. The third kappa shape index (κ3) is 5.00. The lowest BCUT2D eigenvalue weighted by Crippen LogP contribution is -2.25. The number of carbonyl (C=O) groups is 1. The Kier molecular flexibility index (Phi) is 7.20.